The van der Waals surface area contributed by atoms with Crippen LogP contribution in [0.4, 0.5) is 0 Å². The zero-order valence-electron chi connectivity index (χ0n) is 32.4. The van der Waals surface area contributed by atoms with Gasteiger partial charge in [-0.1, -0.05) is 128 Å². The summed E-state index contributed by atoms with van der Waals surface area (Å²) in [5.74, 6) is 7.01. The van der Waals surface area contributed by atoms with Crippen molar-refractivity contribution >= 4 is 23.2 Å². The summed E-state index contributed by atoms with van der Waals surface area (Å²) in [5, 5.41) is 4.86. The van der Waals surface area contributed by atoms with E-state index in [9.17, 15) is 0 Å². The second-order valence-electron chi connectivity index (χ2n) is 18.4. The first-order valence-electron chi connectivity index (χ1n) is 20.8. The number of fused-ring (bicyclic) bond motifs is 5. The fourth-order valence-corrected chi connectivity index (χ4v) is 19.4. The molecule has 3 aromatic rings. The molecule has 0 bridgehead atoms. The Kier molecular flexibility index (Phi) is 12.2. The van der Waals surface area contributed by atoms with Crippen LogP contribution in [0.3, 0.4) is 0 Å². The van der Waals surface area contributed by atoms with E-state index in [2.05, 4.69) is 133 Å². The number of rotatable bonds is 11. The van der Waals surface area contributed by atoms with Crippen LogP contribution in [0.25, 0.3) is 0 Å². The Hall–Kier alpha value is -1.43. The predicted octanol–water partition coefficient (Wildman–Crippen LogP) is 9.50. The summed E-state index contributed by atoms with van der Waals surface area (Å²) in [6, 6.07) is 36.0. The van der Waals surface area contributed by atoms with Crippen LogP contribution < -0.4 is 32.9 Å². The third-order valence-corrected chi connectivity index (χ3v) is 20.8. The molecule has 3 unspecified atom stereocenters. The van der Waals surface area contributed by atoms with Crippen molar-refractivity contribution in [2.45, 2.75) is 131 Å². The summed E-state index contributed by atoms with van der Waals surface area (Å²) < 4.78 is 0. The van der Waals surface area contributed by atoms with E-state index in [0.29, 0.717) is 16.5 Å². The largest absolute Gasteiger partial charge is 1.00 e. The maximum Gasteiger partial charge on any atom is 0.115 e. The molecule has 7 rings (SSSR count). The van der Waals surface area contributed by atoms with Gasteiger partial charge in [-0.25, -0.2) is 0 Å². The Morgan fingerprint density at radius 1 is 0.680 bits per heavy atom. The summed E-state index contributed by atoms with van der Waals surface area (Å²) in [7, 11) is -2.00. The molecule has 50 heavy (non-hydrogen) atoms. The minimum absolute atomic E-state index is 0. The monoisotopic (exact) mass is 754 g/mol. The van der Waals surface area contributed by atoms with Gasteiger partial charge in [-0.3, -0.25) is 0 Å². The van der Waals surface area contributed by atoms with Crippen LogP contribution in [0.5, 0.6) is 0 Å². The molecule has 0 N–H and O–H groups in total. The number of hydrogen-bond donors (Lipinski definition) is 0. The first kappa shape index (κ1) is 38.3. The van der Waals surface area contributed by atoms with E-state index >= 15 is 0 Å². The highest BCUT2D eigenvalue weighted by molar-refractivity contribution is 7.96. The van der Waals surface area contributed by atoms with E-state index in [4.69, 9.17) is 0 Å². The molecule has 0 saturated heterocycles. The molecule has 0 amide bonds. The zero-order chi connectivity index (χ0) is 34.2. The van der Waals surface area contributed by atoms with Gasteiger partial charge in [0.05, 0.1) is 5.66 Å². The van der Waals surface area contributed by atoms with E-state index < -0.39 is 7.26 Å². The summed E-state index contributed by atoms with van der Waals surface area (Å²) >= 11 is 0. The van der Waals surface area contributed by atoms with Gasteiger partial charge in [-0.2, -0.15) is 0 Å². The van der Waals surface area contributed by atoms with Crippen molar-refractivity contribution in [3.63, 3.8) is 0 Å². The Labute approximate surface area is 318 Å². The zero-order valence-corrected chi connectivity index (χ0v) is 34.9. The van der Waals surface area contributed by atoms with Crippen LogP contribution >= 0.6 is 7.26 Å². The molecule has 0 nitrogen and oxygen atoms in total. The second-order valence-corrected chi connectivity index (χ2v) is 22.0. The van der Waals surface area contributed by atoms with Gasteiger partial charge in [0.1, 0.15) is 23.2 Å². The van der Waals surface area contributed by atoms with Gasteiger partial charge in [0.25, 0.3) is 0 Å². The van der Waals surface area contributed by atoms with Gasteiger partial charge in [0, 0.05) is 5.41 Å². The lowest BCUT2D eigenvalue weighted by Gasteiger charge is -2.64. The van der Waals surface area contributed by atoms with Crippen LogP contribution in [0.2, 0.25) is 0 Å². The fraction of sp³-hybridized carbons (Fsp3) is 0.625. The maximum atomic E-state index is 2.90. The van der Waals surface area contributed by atoms with Crippen molar-refractivity contribution in [3.05, 3.63) is 91.0 Å². The molecule has 0 heterocycles. The van der Waals surface area contributed by atoms with Crippen molar-refractivity contribution < 1.29 is 17.0 Å². The van der Waals surface area contributed by atoms with Gasteiger partial charge < -0.3 is 17.0 Å². The molecule has 0 aromatic heterocycles. The van der Waals surface area contributed by atoms with E-state index in [1.807, 2.05) is 0 Å². The third-order valence-electron chi connectivity index (χ3n) is 15.7. The standard InChI is InChI=1S/C48H68P.BrH/c1-7-18-37-33-38-27-28-42-44-30-29-43(36(4)20-17-19-35(2)3)47(44,5)32-31-45(42)48(38,6)46(34-37)49(39-21-11-8-12-22-39,40-23-13-9-14-24-40)41-25-15-10-16-26-41;/h8-16,21-26,35-38,42-46H,7,17-20,27-34H2,1-6H3;1H/q+1;/p-1/t36-,37?,38?,42+,43-,44+,45+,46?,47-,48+;/m1./s1. The van der Waals surface area contributed by atoms with Gasteiger partial charge >= 0.3 is 0 Å². The Balaban J connectivity index is 0.00000432. The first-order valence-corrected chi connectivity index (χ1v) is 22.7. The number of hydrogen-bond acceptors (Lipinski definition) is 0. The van der Waals surface area contributed by atoms with Gasteiger partial charge in [0.2, 0.25) is 0 Å². The summed E-state index contributed by atoms with van der Waals surface area (Å²) in [6.07, 6.45) is 18.7. The van der Waals surface area contributed by atoms with Crippen molar-refractivity contribution in [3.8, 4) is 0 Å². The Bertz CT molecular complexity index is 1390. The number of benzene rings is 3. The lowest BCUT2D eigenvalue weighted by atomic mass is 9.43. The minimum Gasteiger partial charge on any atom is -1.00 e. The molecule has 3 aromatic carbocycles. The van der Waals surface area contributed by atoms with E-state index in [1.165, 1.54) is 83.5 Å². The van der Waals surface area contributed by atoms with Crippen molar-refractivity contribution in [2.24, 2.45) is 58.2 Å². The normalized spacial score (nSPS) is 34.3. The van der Waals surface area contributed by atoms with E-state index in [1.54, 1.807) is 15.9 Å². The molecule has 10 atom stereocenters. The third kappa shape index (κ3) is 6.54. The average Bonchev–Trinajstić information content (AvgIpc) is 3.48. The molecule has 4 fully saturated rings. The fourth-order valence-electron chi connectivity index (χ4n) is 13.6. The first-order chi connectivity index (χ1) is 23.7. The van der Waals surface area contributed by atoms with Crippen LogP contribution in [0.15, 0.2) is 91.0 Å². The highest BCUT2D eigenvalue weighted by atomic mass is 79.9. The van der Waals surface area contributed by atoms with Gasteiger partial charge in [-0.15, -0.1) is 0 Å². The Morgan fingerprint density at radius 3 is 1.80 bits per heavy atom. The van der Waals surface area contributed by atoms with E-state index in [-0.39, 0.29) is 17.0 Å². The molecule has 4 saturated carbocycles. The van der Waals surface area contributed by atoms with Crippen LogP contribution in [0.1, 0.15) is 125 Å². The van der Waals surface area contributed by atoms with Gasteiger partial charge in [0.15, 0.2) is 0 Å². The Morgan fingerprint density at radius 2 is 1.26 bits per heavy atom. The maximum absolute atomic E-state index is 2.90. The molecule has 4 aliphatic carbocycles. The predicted molar refractivity (Wildman–Crippen MR) is 216 cm³/mol. The molecule has 0 aliphatic heterocycles. The molecule has 4 aliphatic rings. The smallest absolute Gasteiger partial charge is 0.115 e. The minimum atomic E-state index is -2.00. The summed E-state index contributed by atoms with van der Waals surface area (Å²) in [6.45, 7) is 15.6. The highest BCUT2D eigenvalue weighted by Gasteiger charge is 2.69. The molecule has 0 spiro atoms. The highest BCUT2D eigenvalue weighted by Crippen LogP contribution is 2.76. The lowest BCUT2D eigenvalue weighted by Crippen LogP contribution is -3.00. The van der Waals surface area contributed by atoms with Crippen molar-refractivity contribution in [1.29, 1.82) is 0 Å². The molecular weight excluding hydrogens is 687 g/mol. The summed E-state index contributed by atoms with van der Waals surface area (Å²) in [5.41, 5.74) is 1.57. The molecule has 0 radical (unpaired) electrons. The molecular formula is C48H68BrP. The second kappa shape index (κ2) is 15.9. The average molecular weight is 756 g/mol. The van der Waals surface area contributed by atoms with Crippen molar-refractivity contribution in [1.82, 2.24) is 0 Å². The number of halogens is 1. The van der Waals surface area contributed by atoms with Crippen LogP contribution in [-0.2, 0) is 0 Å². The SMILES string of the molecule is CCCC1CC2CC[C@@H]3[C@H](CC[C@]4(C)[C@@H]([C@H](C)CCCC(C)C)CC[C@@H]34)[C@@]2(C)C([P+](c2ccccc2)(c2ccccc2)c2ccccc2)C1.[Br-]. The van der Waals surface area contributed by atoms with Crippen LogP contribution in [-0.4, -0.2) is 5.66 Å². The topological polar surface area (TPSA) is 0 Å². The summed E-state index contributed by atoms with van der Waals surface area (Å²) in [4.78, 5) is 0. The van der Waals surface area contributed by atoms with Crippen LogP contribution in [0, 0.1) is 58.2 Å². The molecule has 2 heteroatoms. The van der Waals surface area contributed by atoms with Gasteiger partial charge in [-0.05, 0) is 141 Å². The quantitative estimate of drug-likeness (QED) is 0.171. The lowest BCUT2D eigenvalue weighted by molar-refractivity contribution is -0.119. The van der Waals surface area contributed by atoms with E-state index in [0.717, 1.165) is 47.3 Å². The van der Waals surface area contributed by atoms with Crippen molar-refractivity contribution in [2.75, 3.05) is 0 Å². The molecule has 272 valence electrons.